The molecule has 2 unspecified atom stereocenters. The molecular formula is C16H19NS. The maximum Gasteiger partial charge on any atom is 0.0118 e. The second-order valence-electron chi connectivity index (χ2n) is 5.10. The third-order valence-electron chi connectivity index (χ3n) is 3.97. The molecule has 1 aromatic carbocycles. The molecule has 2 atom stereocenters. The number of fused-ring (bicyclic) bond motifs is 1. The van der Waals surface area contributed by atoms with Gasteiger partial charge in [-0.15, -0.1) is 11.3 Å². The van der Waals surface area contributed by atoms with Gasteiger partial charge >= 0.3 is 0 Å². The molecule has 0 spiro atoms. The van der Waals surface area contributed by atoms with Gasteiger partial charge in [0, 0.05) is 10.9 Å². The summed E-state index contributed by atoms with van der Waals surface area (Å²) in [5.74, 6) is 0.763. The first-order chi connectivity index (χ1) is 8.86. The van der Waals surface area contributed by atoms with E-state index < -0.39 is 0 Å². The first-order valence-electron chi connectivity index (χ1n) is 6.64. The summed E-state index contributed by atoms with van der Waals surface area (Å²) in [7, 11) is 2.09. The van der Waals surface area contributed by atoms with Crippen LogP contribution in [0.15, 0.2) is 41.8 Å². The Morgan fingerprint density at radius 3 is 2.89 bits per heavy atom. The fourth-order valence-corrected chi connectivity index (χ4v) is 3.68. The van der Waals surface area contributed by atoms with Crippen LogP contribution in [-0.2, 0) is 12.8 Å². The highest BCUT2D eigenvalue weighted by molar-refractivity contribution is 7.09. The first kappa shape index (κ1) is 11.9. The van der Waals surface area contributed by atoms with Crippen LogP contribution < -0.4 is 5.32 Å². The van der Waals surface area contributed by atoms with Crippen LogP contribution in [0, 0.1) is 0 Å². The Morgan fingerprint density at radius 1 is 1.28 bits per heavy atom. The Balaban J connectivity index is 1.62. The Morgan fingerprint density at radius 2 is 2.17 bits per heavy atom. The molecule has 0 saturated carbocycles. The molecule has 1 nitrogen and oxygen atoms in total. The summed E-state index contributed by atoms with van der Waals surface area (Å²) in [4.78, 5) is 1.49. The lowest BCUT2D eigenvalue weighted by Crippen LogP contribution is -2.32. The van der Waals surface area contributed by atoms with E-state index in [0.29, 0.717) is 6.04 Å². The molecule has 2 heteroatoms. The summed E-state index contributed by atoms with van der Waals surface area (Å²) in [6.45, 7) is 0. The molecule has 1 aliphatic rings. The highest BCUT2D eigenvalue weighted by atomic mass is 32.1. The smallest absolute Gasteiger partial charge is 0.0118 e. The van der Waals surface area contributed by atoms with Gasteiger partial charge < -0.3 is 5.32 Å². The molecule has 3 rings (SSSR count). The highest BCUT2D eigenvalue weighted by Gasteiger charge is 2.27. The predicted molar refractivity (Wildman–Crippen MR) is 78.4 cm³/mol. The van der Waals surface area contributed by atoms with Crippen LogP contribution in [0.3, 0.4) is 0 Å². The number of rotatable bonds is 5. The summed E-state index contributed by atoms with van der Waals surface area (Å²) in [6, 6.07) is 13.9. The molecule has 0 bridgehead atoms. The van der Waals surface area contributed by atoms with Crippen molar-refractivity contribution in [3.05, 3.63) is 57.8 Å². The quantitative estimate of drug-likeness (QED) is 0.863. The molecule has 1 N–H and O–H groups in total. The van der Waals surface area contributed by atoms with Crippen molar-refractivity contribution in [3.63, 3.8) is 0 Å². The van der Waals surface area contributed by atoms with E-state index in [0.717, 1.165) is 12.3 Å². The zero-order valence-corrected chi connectivity index (χ0v) is 11.5. The van der Waals surface area contributed by atoms with E-state index >= 15 is 0 Å². The summed E-state index contributed by atoms with van der Waals surface area (Å²) in [5.41, 5.74) is 3.12. The predicted octanol–water partition coefficient (Wildman–Crippen LogP) is 3.61. The fraction of sp³-hybridized carbons (Fsp3) is 0.375. The van der Waals surface area contributed by atoms with E-state index in [-0.39, 0.29) is 0 Å². The lowest BCUT2D eigenvalue weighted by atomic mass is 9.74. The van der Waals surface area contributed by atoms with E-state index in [4.69, 9.17) is 0 Å². The number of thiophene rings is 1. The van der Waals surface area contributed by atoms with Gasteiger partial charge in [-0.25, -0.2) is 0 Å². The van der Waals surface area contributed by atoms with Crippen molar-refractivity contribution in [2.24, 2.45) is 0 Å². The Hall–Kier alpha value is -1.12. The largest absolute Gasteiger partial charge is 0.317 e. The minimum absolute atomic E-state index is 0.599. The minimum atomic E-state index is 0.599. The van der Waals surface area contributed by atoms with Gasteiger partial charge in [-0.3, -0.25) is 0 Å². The van der Waals surface area contributed by atoms with Gasteiger partial charge in [0.2, 0.25) is 0 Å². The Kier molecular flexibility index (Phi) is 3.48. The topological polar surface area (TPSA) is 12.0 Å². The van der Waals surface area contributed by atoms with Crippen molar-refractivity contribution in [1.29, 1.82) is 0 Å². The van der Waals surface area contributed by atoms with Gasteiger partial charge in [0.05, 0.1) is 0 Å². The van der Waals surface area contributed by atoms with Gasteiger partial charge in [0.1, 0.15) is 0 Å². The van der Waals surface area contributed by atoms with Crippen LogP contribution in [0.4, 0.5) is 0 Å². The van der Waals surface area contributed by atoms with Crippen molar-refractivity contribution >= 4 is 11.3 Å². The molecule has 0 amide bonds. The van der Waals surface area contributed by atoms with Gasteiger partial charge in [0.15, 0.2) is 0 Å². The number of nitrogens with one attached hydrogen (secondary N) is 1. The third kappa shape index (κ3) is 2.36. The number of hydrogen-bond acceptors (Lipinski definition) is 2. The van der Waals surface area contributed by atoms with Crippen molar-refractivity contribution in [2.75, 3.05) is 7.05 Å². The molecule has 94 valence electrons. The average Bonchev–Trinajstić information content (AvgIpc) is 2.87. The monoisotopic (exact) mass is 257 g/mol. The molecule has 1 heterocycles. The first-order valence-corrected chi connectivity index (χ1v) is 7.52. The molecule has 0 fully saturated rings. The van der Waals surface area contributed by atoms with Crippen LogP contribution in [0.1, 0.15) is 28.3 Å². The summed E-state index contributed by atoms with van der Waals surface area (Å²) >= 11 is 1.86. The molecule has 0 radical (unpaired) electrons. The average molecular weight is 257 g/mol. The van der Waals surface area contributed by atoms with Gasteiger partial charge in [-0.1, -0.05) is 30.3 Å². The van der Waals surface area contributed by atoms with Crippen LogP contribution in [0.2, 0.25) is 0 Å². The van der Waals surface area contributed by atoms with Crippen molar-refractivity contribution in [2.45, 2.75) is 31.2 Å². The SMILES string of the molecule is CNC(Cc1cccs1)CC1Cc2ccccc21. The van der Waals surface area contributed by atoms with E-state index in [1.54, 1.807) is 11.1 Å². The summed E-state index contributed by atoms with van der Waals surface area (Å²) in [5, 5.41) is 5.64. The molecule has 18 heavy (non-hydrogen) atoms. The standard InChI is InChI=1S/C16H19NS/c1-17-14(11-15-6-4-8-18-15)10-13-9-12-5-2-3-7-16(12)13/h2-8,13-14,17H,9-11H2,1H3. The van der Waals surface area contributed by atoms with Crippen LogP contribution in [-0.4, -0.2) is 13.1 Å². The van der Waals surface area contributed by atoms with Crippen LogP contribution in [0.25, 0.3) is 0 Å². The van der Waals surface area contributed by atoms with Crippen molar-refractivity contribution in [1.82, 2.24) is 5.32 Å². The molecule has 2 aromatic rings. The number of likely N-dealkylation sites (N-methyl/N-ethyl adjacent to an activating group) is 1. The molecule has 1 aliphatic carbocycles. The van der Waals surface area contributed by atoms with E-state index in [1.165, 1.54) is 17.7 Å². The lowest BCUT2D eigenvalue weighted by molar-refractivity contribution is 0.440. The molecule has 0 aliphatic heterocycles. The number of hydrogen-bond donors (Lipinski definition) is 1. The zero-order valence-electron chi connectivity index (χ0n) is 10.7. The second kappa shape index (κ2) is 5.25. The molecular weight excluding hydrogens is 238 g/mol. The maximum absolute atomic E-state index is 3.48. The second-order valence-corrected chi connectivity index (χ2v) is 6.14. The van der Waals surface area contributed by atoms with Crippen molar-refractivity contribution < 1.29 is 0 Å². The Bertz CT molecular complexity index is 504. The molecule has 0 saturated heterocycles. The van der Waals surface area contributed by atoms with Gasteiger partial charge in [-0.2, -0.15) is 0 Å². The third-order valence-corrected chi connectivity index (χ3v) is 4.86. The van der Waals surface area contributed by atoms with E-state index in [2.05, 4.69) is 54.1 Å². The van der Waals surface area contributed by atoms with Gasteiger partial charge in [0.25, 0.3) is 0 Å². The number of benzene rings is 1. The summed E-state index contributed by atoms with van der Waals surface area (Å²) in [6.07, 6.45) is 3.68. The zero-order chi connectivity index (χ0) is 12.4. The minimum Gasteiger partial charge on any atom is -0.317 e. The summed E-state index contributed by atoms with van der Waals surface area (Å²) < 4.78 is 0. The molecule has 1 aromatic heterocycles. The van der Waals surface area contributed by atoms with Crippen LogP contribution in [0.5, 0.6) is 0 Å². The normalized spacial score (nSPS) is 19.1. The van der Waals surface area contributed by atoms with E-state index in [9.17, 15) is 0 Å². The van der Waals surface area contributed by atoms with Crippen molar-refractivity contribution in [3.8, 4) is 0 Å². The van der Waals surface area contributed by atoms with E-state index in [1.807, 2.05) is 11.3 Å². The lowest BCUT2D eigenvalue weighted by Gasteiger charge is -2.33. The maximum atomic E-state index is 3.48. The van der Waals surface area contributed by atoms with Gasteiger partial charge in [-0.05, 0) is 54.8 Å². The fourth-order valence-electron chi connectivity index (χ4n) is 2.89. The Labute approximate surface area is 113 Å². The van der Waals surface area contributed by atoms with Crippen LogP contribution >= 0.6 is 11.3 Å². The highest BCUT2D eigenvalue weighted by Crippen LogP contribution is 2.38.